The van der Waals surface area contributed by atoms with Gasteiger partial charge < -0.3 is 15.3 Å². The first-order valence-corrected chi connectivity index (χ1v) is 6.57. The standard InChI is InChI=1S/C12H15ClN4O2/c1-6-3-14-10(13)15-9(6)17-4-8-7(2)12(8,5-17)16-11(18)19/h3,7-8,16H,4-5H2,1-2H3,(H,18,19)/t7-,8+,12+/m1/s1. The lowest BCUT2D eigenvalue weighted by Gasteiger charge is -2.24. The molecule has 1 saturated heterocycles. The summed E-state index contributed by atoms with van der Waals surface area (Å²) in [5.74, 6) is 1.51. The Kier molecular flexibility index (Phi) is 2.60. The van der Waals surface area contributed by atoms with Crippen LogP contribution < -0.4 is 10.2 Å². The lowest BCUT2D eigenvalue weighted by atomic mass is 10.2. The van der Waals surface area contributed by atoms with Crippen LogP contribution in [-0.2, 0) is 0 Å². The number of rotatable bonds is 2. The van der Waals surface area contributed by atoms with Crippen LogP contribution in [0.2, 0.25) is 5.28 Å². The molecular formula is C12H15ClN4O2. The van der Waals surface area contributed by atoms with Crippen molar-refractivity contribution in [2.24, 2.45) is 11.8 Å². The van der Waals surface area contributed by atoms with Gasteiger partial charge in [0.15, 0.2) is 0 Å². The fourth-order valence-corrected chi connectivity index (χ4v) is 3.39. The van der Waals surface area contributed by atoms with Crippen LogP contribution >= 0.6 is 11.6 Å². The van der Waals surface area contributed by atoms with E-state index in [9.17, 15) is 4.79 Å². The normalized spacial score (nSPS) is 32.1. The van der Waals surface area contributed by atoms with E-state index in [1.807, 2.05) is 6.92 Å². The number of amides is 1. The number of nitrogens with zero attached hydrogens (tertiary/aromatic N) is 3. The number of carboxylic acid groups (broad SMARTS) is 1. The van der Waals surface area contributed by atoms with Crippen LogP contribution in [0.1, 0.15) is 12.5 Å². The van der Waals surface area contributed by atoms with E-state index in [2.05, 4.69) is 27.1 Å². The van der Waals surface area contributed by atoms with E-state index in [4.69, 9.17) is 16.7 Å². The van der Waals surface area contributed by atoms with E-state index in [1.165, 1.54) is 0 Å². The van der Waals surface area contributed by atoms with E-state index in [0.29, 0.717) is 18.4 Å². The zero-order valence-corrected chi connectivity index (χ0v) is 11.5. The molecule has 2 fully saturated rings. The predicted molar refractivity (Wildman–Crippen MR) is 70.5 cm³/mol. The summed E-state index contributed by atoms with van der Waals surface area (Å²) in [7, 11) is 0. The maximum absolute atomic E-state index is 10.9. The number of aryl methyl sites for hydroxylation is 1. The maximum Gasteiger partial charge on any atom is 0.405 e. The number of nitrogens with one attached hydrogen (secondary N) is 1. The van der Waals surface area contributed by atoms with Gasteiger partial charge in [0, 0.05) is 30.8 Å². The van der Waals surface area contributed by atoms with Crippen LogP contribution in [0, 0.1) is 18.8 Å². The first kappa shape index (κ1) is 12.5. The first-order valence-electron chi connectivity index (χ1n) is 6.19. The lowest BCUT2D eigenvalue weighted by molar-refractivity contribution is 0.187. The summed E-state index contributed by atoms with van der Waals surface area (Å²) < 4.78 is 0. The SMILES string of the molecule is Cc1cnc(Cl)nc1N1C[C@H]2[C@@H](C)[C@@]2(NC(=O)O)C1. The number of hydrogen-bond donors (Lipinski definition) is 2. The molecule has 0 aromatic carbocycles. The quantitative estimate of drug-likeness (QED) is 0.804. The maximum atomic E-state index is 10.9. The molecule has 1 saturated carbocycles. The van der Waals surface area contributed by atoms with Crippen molar-refractivity contribution in [2.45, 2.75) is 19.4 Å². The molecule has 1 aliphatic carbocycles. The molecule has 1 aromatic rings. The zero-order chi connectivity index (χ0) is 13.8. The monoisotopic (exact) mass is 282 g/mol. The Morgan fingerprint density at radius 2 is 2.42 bits per heavy atom. The number of halogens is 1. The van der Waals surface area contributed by atoms with Crippen LogP contribution in [-0.4, -0.2) is 39.8 Å². The molecule has 102 valence electrons. The highest BCUT2D eigenvalue weighted by Gasteiger charge is 2.68. The van der Waals surface area contributed by atoms with Gasteiger partial charge in [0.05, 0.1) is 5.54 Å². The molecule has 0 spiro atoms. The third-order valence-corrected chi connectivity index (χ3v) is 4.58. The summed E-state index contributed by atoms with van der Waals surface area (Å²) in [5, 5.41) is 11.9. The Bertz CT molecular complexity index is 553. The van der Waals surface area contributed by atoms with Gasteiger partial charge >= 0.3 is 6.09 Å². The molecule has 0 unspecified atom stereocenters. The summed E-state index contributed by atoms with van der Waals surface area (Å²) in [6.45, 7) is 5.45. The predicted octanol–water partition coefficient (Wildman–Crippen LogP) is 1.53. The van der Waals surface area contributed by atoms with Crippen molar-refractivity contribution in [2.75, 3.05) is 18.0 Å². The Morgan fingerprint density at radius 1 is 1.68 bits per heavy atom. The van der Waals surface area contributed by atoms with Gasteiger partial charge in [-0.2, -0.15) is 0 Å². The topological polar surface area (TPSA) is 78.4 Å². The Hall–Kier alpha value is -1.56. The van der Waals surface area contributed by atoms with Crippen LogP contribution in [0.15, 0.2) is 6.20 Å². The fraction of sp³-hybridized carbons (Fsp3) is 0.583. The molecule has 3 atom stereocenters. The van der Waals surface area contributed by atoms with E-state index >= 15 is 0 Å². The Labute approximate surface area is 115 Å². The van der Waals surface area contributed by atoms with Gasteiger partial charge in [-0.05, 0) is 24.4 Å². The van der Waals surface area contributed by atoms with E-state index < -0.39 is 6.09 Å². The second kappa shape index (κ2) is 3.96. The van der Waals surface area contributed by atoms with Gasteiger partial charge in [-0.15, -0.1) is 0 Å². The summed E-state index contributed by atoms with van der Waals surface area (Å²) in [4.78, 5) is 21.2. The van der Waals surface area contributed by atoms with Crippen LogP contribution in [0.3, 0.4) is 0 Å². The van der Waals surface area contributed by atoms with Crippen molar-refractivity contribution in [1.82, 2.24) is 15.3 Å². The minimum Gasteiger partial charge on any atom is -0.465 e. The largest absolute Gasteiger partial charge is 0.465 e. The Balaban J connectivity index is 1.84. The molecule has 2 heterocycles. The molecular weight excluding hydrogens is 268 g/mol. The summed E-state index contributed by atoms with van der Waals surface area (Å²) in [6, 6.07) is 0. The smallest absolute Gasteiger partial charge is 0.405 e. The highest BCUT2D eigenvalue weighted by atomic mass is 35.5. The number of hydrogen-bond acceptors (Lipinski definition) is 4. The van der Waals surface area contributed by atoms with Crippen molar-refractivity contribution in [1.29, 1.82) is 0 Å². The number of aromatic nitrogens is 2. The van der Waals surface area contributed by atoms with Gasteiger partial charge in [-0.3, -0.25) is 0 Å². The van der Waals surface area contributed by atoms with Gasteiger partial charge in [0.2, 0.25) is 5.28 Å². The average Bonchev–Trinajstić information content (AvgIpc) is 2.72. The molecule has 1 aliphatic heterocycles. The van der Waals surface area contributed by atoms with Gasteiger partial charge in [0.25, 0.3) is 0 Å². The number of piperidine rings is 1. The number of carbonyl (C=O) groups is 1. The highest BCUT2D eigenvalue weighted by molar-refractivity contribution is 6.28. The van der Waals surface area contributed by atoms with Gasteiger partial charge in [-0.25, -0.2) is 14.8 Å². The molecule has 6 nitrogen and oxygen atoms in total. The minimum atomic E-state index is -0.964. The second-order valence-electron chi connectivity index (χ2n) is 5.39. The number of anilines is 1. The molecule has 3 rings (SSSR count). The van der Waals surface area contributed by atoms with Gasteiger partial charge in [-0.1, -0.05) is 6.92 Å². The van der Waals surface area contributed by atoms with Crippen molar-refractivity contribution in [3.8, 4) is 0 Å². The minimum absolute atomic E-state index is 0.217. The molecule has 7 heteroatoms. The van der Waals surface area contributed by atoms with E-state index in [-0.39, 0.29) is 10.8 Å². The third kappa shape index (κ3) is 1.82. The fourth-order valence-electron chi connectivity index (χ4n) is 3.27. The molecule has 1 amide bonds. The average molecular weight is 283 g/mol. The molecule has 0 radical (unpaired) electrons. The Morgan fingerprint density at radius 3 is 3.11 bits per heavy atom. The van der Waals surface area contributed by atoms with E-state index in [1.54, 1.807) is 6.20 Å². The van der Waals surface area contributed by atoms with Crippen molar-refractivity contribution in [3.05, 3.63) is 17.0 Å². The zero-order valence-electron chi connectivity index (χ0n) is 10.7. The van der Waals surface area contributed by atoms with E-state index in [0.717, 1.165) is 17.9 Å². The summed E-state index contributed by atoms with van der Waals surface area (Å²) in [6.07, 6.45) is 0.726. The van der Waals surface area contributed by atoms with Crippen LogP contribution in [0.5, 0.6) is 0 Å². The van der Waals surface area contributed by atoms with Gasteiger partial charge in [0.1, 0.15) is 5.82 Å². The first-order chi connectivity index (χ1) is 8.94. The molecule has 2 aliphatic rings. The van der Waals surface area contributed by atoms with Crippen LogP contribution in [0.4, 0.5) is 10.6 Å². The van der Waals surface area contributed by atoms with Crippen molar-refractivity contribution in [3.63, 3.8) is 0 Å². The highest BCUT2D eigenvalue weighted by Crippen LogP contribution is 2.55. The van der Waals surface area contributed by atoms with Crippen molar-refractivity contribution >= 4 is 23.5 Å². The summed E-state index contributed by atoms with van der Waals surface area (Å²) in [5.41, 5.74) is 0.624. The summed E-state index contributed by atoms with van der Waals surface area (Å²) >= 11 is 5.83. The van der Waals surface area contributed by atoms with Crippen LogP contribution in [0.25, 0.3) is 0 Å². The molecule has 1 aromatic heterocycles. The third-order valence-electron chi connectivity index (χ3n) is 4.39. The molecule has 19 heavy (non-hydrogen) atoms. The second-order valence-corrected chi connectivity index (χ2v) is 5.73. The molecule has 2 N–H and O–H groups in total. The number of fused-ring (bicyclic) bond motifs is 1. The lowest BCUT2D eigenvalue weighted by Crippen LogP contribution is -2.43. The van der Waals surface area contributed by atoms with Crippen molar-refractivity contribution < 1.29 is 9.90 Å². The molecule has 0 bridgehead atoms.